The van der Waals surface area contributed by atoms with Gasteiger partial charge in [0.15, 0.2) is 5.96 Å². The van der Waals surface area contributed by atoms with E-state index in [-0.39, 0.29) is 11.9 Å². The molecule has 2 N–H and O–H groups in total. The van der Waals surface area contributed by atoms with Crippen molar-refractivity contribution < 1.29 is 4.79 Å². The summed E-state index contributed by atoms with van der Waals surface area (Å²) in [5.41, 5.74) is 0. The van der Waals surface area contributed by atoms with Gasteiger partial charge in [0, 0.05) is 39.1 Å². The van der Waals surface area contributed by atoms with Crippen molar-refractivity contribution in [3.05, 3.63) is 12.7 Å². The second-order valence-electron chi connectivity index (χ2n) is 4.98. The molecule has 0 bridgehead atoms. The zero-order valence-electron chi connectivity index (χ0n) is 12.6. The summed E-state index contributed by atoms with van der Waals surface area (Å²) in [6.07, 6.45) is 4.72. The summed E-state index contributed by atoms with van der Waals surface area (Å²) in [6.45, 7) is 4.91. The molecule has 2 rings (SSSR count). The van der Waals surface area contributed by atoms with E-state index < -0.39 is 0 Å². The Hall–Kier alpha value is -2.12. The molecule has 0 aliphatic carbocycles. The summed E-state index contributed by atoms with van der Waals surface area (Å²) >= 11 is 0. The quantitative estimate of drug-likeness (QED) is 0.562. The Kier molecular flexibility index (Phi) is 5.53. The van der Waals surface area contributed by atoms with Crippen molar-refractivity contribution in [3.8, 4) is 0 Å². The van der Waals surface area contributed by atoms with Crippen LogP contribution < -0.4 is 10.6 Å². The van der Waals surface area contributed by atoms with Gasteiger partial charge in [0.05, 0.1) is 6.54 Å². The summed E-state index contributed by atoms with van der Waals surface area (Å²) in [4.78, 5) is 21.7. The van der Waals surface area contributed by atoms with Gasteiger partial charge < -0.3 is 15.5 Å². The molecule has 1 aromatic rings. The van der Waals surface area contributed by atoms with Gasteiger partial charge in [0.1, 0.15) is 12.7 Å². The molecule has 1 saturated heterocycles. The van der Waals surface area contributed by atoms with Crippen LogP contribution in [-0.4, -0.2) is 64.3 Å². The third kappa shape index (κ3) is 4.44. The first kappa shape index (κ1) is 15.3. The van der Waals surface area contributed by atoms with E-state index in [0.717, 1.165) is 32.0 Å². The van der Waals surface area contributed by atoms with Gasteiger partial charge in [-0.05, 0) is 6.42 Å². The Bertz CT molecular complexity index is 471. The monoisotopic (exact) mass is 293 g/mol. The molecule has 21 heavy (non-hydrogen) atoms. The zero-order chi connectivity index (χ0) is 15.1. The number of carbonyl (C=O) groups is 1. The van der Waals surface area contributed by atoms with E-state index in [1.807, 2.05) is 11.8 Å². The minimum Gasteiger partial charge on any atom is -0.355 e. The standard InChI is InChI=1S/C13H23N7O/c1-3-12(21)19-6-4-11(8-19)18-13(14-2)16-5-7-20-10-15-9-17-20/h9-11H,3-8H2,1-2H3,(H2,14,16,18). The molecule has 0 radical (unpaired) electrons. The molecule has 1 aliphatic rings. The maximum Gasteiger partial charge on any atom is 0.222 e. The summed E-state index contributed by atoms with van der Waals surface area (Å²) in [5, 5.41) is 10.6. The van der Waals surface area contributed by atoms with Crippen LogP contribution in [-0.2, 0) is 11.3 Å². The first-order valence-corrected chi connectivity index (χ1v) is 7.30. The van der Waals surface area contributed by atoms with Crippen LogP contribution in [0.3, 0.4) is 0 Å². The van der Waals surface area contributed by atoms with Crippen molar-refractivity contribution in [1.29, 1.82) is 0 Å². The highest BCUT2D eigenvalue weighted by Crippen LogP contribution is 2.10. The second kappa shape index (κ2) is 7.61. The van der Waals surface area contributed by atoms with Crippen molar-refractivity contribution in [2.75, 3.05) is 26.7 Å². The van der Waals surface area contributed by atoms with Crippen molar-refractivity contribution in [2.24, 2.45) is 4.99 Å². The number of aromatic nitrogens is 3. The second-order valence-corrected chi connectivity index (χ2v) is 4.98. The van der Waals surface area contributed by atoms with Crippen LogP contribution in [0.5, 0.6) is 0 Å². The van der Waals surface area contributed by atoms with E-state index in [9.17, 15) is 4.79 Å². The van der Waals surface area contributed by atoms with E-state index >= 15 is 0 Å². The Balaban J connectivity index is 1.72. The molecule has 116 valence electrons. The molecule has 1 aromatic heterocycles. The molecule has 1 aliphatic heterocycles. The predicted octanol–water partition coefficient (Wildman–Crippen LogP) is -0.546. The van der Waals surface area contributed by atoms with Gasteiger partial charge >= 0.3 is 0 Å². The molecule has 0 saturated carbocycles. The average Bonchev–Trinajstić information content (AvgIpc) is 3.16. The topological polar surface area (TPSA) is 87.4 Å². The van der Waals surface area contributed by atoms with Gasteiger partial charge in [-0.25, -0.2) is 4.98 Å². The predicted molar refractivity (Wildman–Crippen MR) is 79.8 cm³/mol. The van der Waals surface area contributed by atoms with Crippen molar-refractivity contribution in [1.82, 2.24) is 30.3 Å². The van der Waals surface area contributed by atoms with Gasteiger partial charge in [-0.1, -0.05) is 6.92 Å². The van der Waals surface area contributed by atoms with E-state index in [2.05, 4.69) is 25.7 Å². The lowest BCUT2D eigenvalue weighted by atomic mass is 10.3. The Morgan fingerprint density at radius 3 is 3.05 bits per heavy atom. The summed E-state index contributed by atoms with van der Waals surface area (Å²) in [5.74, 6) is 0.972. The van der Waals surface area contributed by atoms with E-state index in [4.69, 9.17) is 0 Å². The average molecular weight is 293 g/mol. The fourth-order valence-corrected chi connectivity index (χ4v) is 2.35. The van der Waals surface area contributed by atoms with Gasteiger partial charge in [0.25, 0.3) is 0 Å². The van der Waals surface area contributed by atoms with Gasteiger partial charge in [0.2, 0.25) is 5.91 Å². The molecule has 2 heterocycles. The number of guanidine groups is 1. The van der Waals surface area contributed by atoms with Gasteiger partial charge in [-0.3, -0.25) is 14.5 Å². The maximum atomic E-state index is 11.7. The highest BCUT2D eigenvalue weighted by molar-refractivity contribution is 5.80. The number of aliphatic imine (C=N–C) groups is 1. The normalized spacial score (nSPS) is 18.9. The molecular formula is C13H23N7O. The molecule has 1 fully saturated rings. The molecule has 0 spiro atoms. The highest BCUT2D eigenvalue weighted by atomic mass is 16.2. The number of hydrogen-bond donors (Lipinski definition) is 2. The van der Waals surface area contributed by atoms with Crippen LogP contribution in [0.4, 0.5) is 0 Å². The molecule has 8 heteroatoms. The third-order valence-corrected chi connectivity index (χ3v) is 3.51. The molecule has 1 atom stereocenters. The number of nitrogens with zero attached hydrogens (tertiary/aromatic N) is 5. The number of hydrogen-bond acceptors (Lipinski definition) is 4. The number of nitrogens with one attached hydrogen (secondary N) is 2. The minimum atomic E-state index is 0.216. The van der Waals surface area contributed by atoms with Crippen LogP contribution in [0.15, 0.2) is 17.6 Å². The van der Waals surface area contributed by atoms with Gasteiger partial charge in [-0.15, -0.1) is 0 Å². The van der Waals surface area contributed by atoms with E-state index in [0.29, 0.717) is 13.0 Å². The lowest BCUT2D eigenvalue weighted by molar-refractivity contribution is -0.129. The fourth-order valence-electron chi connectivity index (χ4n) is 2.35. The number of carbonyl (C=O) groups excluding carboxylic acids is 1. The zero-order valence-corrected chi connectivity index (χ0v) is 12.6. The van der Waals surface area contributed by atoms with E-state index in [1.54, 1.807) is 18.1 Å². The Labute approximate surface area is 124 Å². The van der Waals surface area contributed by atoms with Crippen molar-refractivity contribution >= 4 is 11.9 Å². The fraction of sp³-hybridized carbons (Fsp3) is 0.692. The smallest absolute Gasteiger partial charge is 0.222 e. The molecule has 1 unspecified atom stereocenters. The number of rotatable bonds is 5. The summed E-state index contributed by atoms with van der Waals surface area (Å²) < 4.78 is 1.76. The van der Waals surface area contributed by atoms with Crippen LogP contribution in [0.1, 0.15) is 19.8 Å². The van der Waals surface area contributed by atoms with Crippen molar-refractivity contribution in [3.63, 3.8) is 0 Å². The lowest BCUT2D eigenvalue weighted by Crippen LogP contribution is -2.45. The summed E-state index contributed by atoms with van der Waals surface area (Å²) in [7, 11) is 1.74. The number of amides is 1. The van der Waals surface area contributed by atoms with E-state index in [1.165, 1.54) is 6.33 Å². The first-order valence-electron chi connectivity index (χ1n) is 7.30. The summed E-state index contributed by atoms with van der Waals surface area (Å²) in [6, 6.07) is 0.262. The Morgan fingerprint density at radius 2 is 2.38 bits per heavy atom. The van der Waals surface area contributed by atoms with Crippen LogP contribution in [0.25, 0.3) is 0 Å². The van der Waals surface area contributed by atoms with Crippen LogP contribution in [0, 0.1) is 0 Å². The highest BCUT2D eigenvalue weighted by Gasteiger charge is 2.25. The third-order valence-electron chi connectivity index (χ3n) is 3.51. The van der Waals surface area contributed by atoms with Crippen LogP contribution >= 0.6 is 0 Å². The largest absolute Gasteiger partial charge is 0.355 e. The minimum absolute atomic E-state index is 0.216. The maximum absolute atomic E-state index is 11.7. The molecular weight excluding hydrogens is 270 g/mol. The molecule has 8 nitrogen and oxygen atoms in total. The Morgan fingerprint density at radius 1 is 1.52 bits per heavy atom. The lowest BCUT2D eigenvalue weighted by Gasteiger charge is -2.18. The van der Waals surface area contributed by atoms with Crippen molar-refractivity contribution in [2.45, 2.75) is 32.4 Å². The number of likely N-dealkylation sites (tertiary alicyclic amines) is 1. The van der Waals surface area contributed by atoms with Gasteiger partial charge in [-0.2, -0.15) is 5.10 Å². The van der Waals surface area contributed by atoms with Crippen LogP contribution in [0.2, 0.25) is 0 Å². The molecule has 0 aromatic carbocycles. The molecule has 1 amide bonds. The SMILES string of the molecule is CCC(=O)N1CCC(NC(=NC)NCCn2cncn2)C1. The first-order chi connectivity index (χ1) is 10.2.